The number of nitro benzene ring substituents is 1. The molecule has 0 unspecified atom stereocenters. The lowest BCUT2D eigenvalue weighted by Crippen LogP contribution is -2.36. The lowest BCUT2D eigenvalue weighted by atomic mass is 10.0. The molecule has 0 amide bonds. The van der Waals surface area contributed by atoms with Gasteiger partial charge in [-0.1, -0.05) is 30.3 Å². The van der Waals surface area contributed by atoms with Crippen LogP contribution in [-0.4, -0.2) is 47.4 Å². The van der Waals surface area contributed by atoms with Crippen molar-refractivity contribution < 1.29 is 27.6 Å². The van der Waals surface area contributed by atoms with Gasteiger partial charge in [-0.3, -0.25) is 14.9 Å². The Balaban J connectivity index is 1.73. The summed E-state index contributed by atoms with van der Waals surface area (Å²) in [5.74, 6) is -0.464. The number of nitrogens with zero attached hydrogens (tertiary/aromatic N) is 4. The maximum Gasteiger partial charge on any atom is 0.573 e. The topological polar surface area (TPSA) is 99.7 Å². The Morgan fingerprint density at radius 2 is 1.70 bits per heavy atom. The Morgan fingerprint density at radius 3 is 2.41 bits per heavy atom. The van der Waals surface area contributed by atoms with Gasteiger partial charge < -0.3 is 14.4 Å². The maximum atomic E-state index is 13.5. The van der Waals surface area contributed by atoms with Crippen LogP contribution in [0.5, 0.6) is 5.75 Å². The molecule has 1 aromatic heterocycles. The van der Waals surface area contributed by atoms with E-state index in [0.717, 1.165) is 16.8 Å². The van der Waals surface area contributed by atoms with E-state index in [4.69, 9.17) is 4.74 Å². The van der Waals surface area contributed by atoms with Crippen molar-refractivity contribution in [2.24, 2.45) is 0 Å². The molecule has 1 saturated heterocycles. The quantitative estimate of drug-likeness (QED) is 0.282. The highest BCUT2D eigenvalue weighted by atomic mass is 19.4. The van der Waals surface area contributed by atoms with Gasteiger partial charge in [0, 0.05) is 35.8 Å². The fraction of sp³-hybridized carbons (Fsp3) is 0.200. The highest BCUT2D eigenvalue weighted by Gasteiger charge is 2.31. The van der Waals surface area contributed by atoms with E-state index in [1.807, 2.05) is 4.90 Å². The minimum absolute atomic E-state index is 0.0614. The highest BCUT2D eigenvalue weighted by Crippen LogP contribution is 2.32. The minimum atomic E-state index is -4.90. The molecule has 0 N–H and O–H groups in total. The molecule has 4 aromatic rings. The molecule has 0 spiro atoms. The number of fused-ring (bicyclic) bond motifs is 1. The number of nitro groups is 1. The lowest BCUT2D eigenvalue weighted by Gasteiger charge is -2.29. The van der Waals surface area contributed by atoms with E-state index in [2.05, 4.69) is 9.84 Å². The Hall–Kier alpha value is -4.45. The number of hydrogen-bond donors (Lipinski definition) is 0. The van der Waals surface area contributed by atoms with Crippen LogP contribution in [0.2, 0.25) is 0 Å². The zero-order chi connectivity index (χ0) is 26.2. The molecule has 0 saturated carbocycles. The Labute approximate surface area is 207 Å². The number of ether oxygens (including phenoxy) is 2. The van der Waals surface area contributed by atoms with Crippen molar-refractivity contribution in [2.75, 3.05) is 31.2 Å². The van der Waals surface area contributed by atoms with Crippen molar-refractivity contribution in [3.63, 3.8) is 0 Å². The van der Waals surface area contributed by atoms with Crippen LogP contribution in [0.3, 0.4) is 0 Å². The van der Waals surface area contributed by atoms with Crippen LogP contribution >= 0.6 is 0 Å². The van der Waals surface area contributed by atoms with Gasteiger partial charge in [0.05, 0.1) is 29.2 Å². The number of halogens is 3. The molecule has 0 bridgehead atoms. The smallest absolute Gasteiger partial charge is 0.406 e. The molecule has 5 rings (SSSR count). The van der Waals surface area contributed by atoms with Crippen molar-refractivity contribution in [2.45, 2.75) is 6.36 Å². The molecular weight excluding hydrogens is 493 g/mol. The maximum absolute atomic E-state index is 13.5. The van der Waals surface area contributed by atoms with Crippen LogP contribution < -0.4 is 15.2 Å². The molecule has 0 atom stereocenters. The summed E-state index contributed by atoms with van der Waals surface area (Å²) in [5.41, 5.74) is 0.0282. The monoisotopic (exact) mass is 512 g/mol. The molecule has 190 valence electrons. The van der Waals surface area contributed by atoms with E-state index >= 15 is 0 Å². The number of anilines is 1. The molecule has 1 aliphatic rings. The summed E-state index contributed by atoms with van der Waals surface area (Å²) in [5, 5.41) is 16.9. The molecule has 9 nitrogen and oxygen atoms in total. The second-order valence-electron chi connectivity index (χ2n) is 8.22. The van der Waals surface area contributed by atoms with Gasteiger partial charge in [0.25, 0.3) is 11.2 Å². The average Bonchev–Trinajstić information content (AvgIpc) is 2.88. The van der Waals surface area contributed by atoms with Gasteiger partial charge in [-0.15, -0.1) is 13.2 Å². The predicted octanol–water partition coefficient (Wildman–Crippen LogP) is 4.70. The number of aromatic nitrogens is 2. The summed E-state index contributed by atoms with van der Waals surface area (Å²) in [7, 11) is 0. The summed E-state index contributed by atoms with van der Waals surface area (Å²) in [6.45, 7) is 2.10. The first-order valence-electron chi connectivity index (χ1n) is 11.2. The molecule has 1 fully saturated rings. The van der Waals surface area contributed by atoms with Crippen molar-refractivity contribution in [1.29, 1.82) is 0 Å². The normalized spacial score (nSPS) is 14.1. The molecule has 3 aromatic carbocycles. The number of alkyl halides is 3. The summed E-state index contributed by atoms with van der Waals surface area (Å²) < 4.78 is 48.8. The van der Waals surface area contributed by atoms with Crippen LogP contribution in [0.25, 0.3) is 27.7 Å². The van der Waals surface area contributed by atoms with Gasteiger partial charge in [-0.05, 0) is 30.3 Å². The van der Waals surface area contributed by atoms with Gasteiger partial charge in [-0.2, -0.15) is 9.78 Å². The van der Waals surface area contributed by atoms with Gasteiger partial charge in [0.2, 0.25) is 0 Å². The van der Waals surface area contributed by atoms with Gasteiger partial charge in [-0.25, -0.2) is 0 Å². The van der Waals surface area contributed by atoms with E-state index in [-0.39, 0.29) is 28.0 Å². The largest absolute Gasteiger partial charge is 0.573 e. The van der Waals surface area contributed by atoms with Crippen molar-refractivity contribution >= 4 is 22.1 Å². The van der Waals surface area contributed by atoms with E-state index in [0.29, 0.717) is 37.4 Å². The fourth-order valence-corrected chi connectivity index (χ4v) is 4.26. The second kappa shape index (κ2) is 9.54. The molecule has 2 heterocycles. The summed E-state index contributed by atoms with van der Waals surface area (Å²) in [4.78, 5) is 26.8. The Bertz CT molecular complexity index is 1550. The molecule has 0 aliphatic carbocycles. The second-order valence-corrected chi connectivity index (χ2v) is 8.22. The first kappa shape index (κ1) is 24.3. The lowest BCUT2D eigenvalue weighted by molar-refractivity contribution is -0.384. The van der Waals surface area contributed by atoms with Crippen LogP contribution in [0.15, 0.2) is 71.5 Å². The fourth-order valence-electron chi connectivity index (χ4n) is 4.26. The Morgan fingerprint density at radius 1 is 0.973 bits per heavy atom. The standard InChI is InChI=1S/C25H19F3N4O5/c26-25(27,28)37-18-5-3-4-16(14-18)23-19-6-1-2-7-20(19)24(33)31(29-23)22-15-17(8-9-21(22)32(34)35)30-10-12-36-13-11-30/h1-9,14-15H,10-13H2. The molecule has 12 heteroatoms. The predicted molar refractivity (Wildman–Crippen MR) is 129 cm³/mol. The SMILES string of the molecule is O=c1c2ccccc2c(-c2cccc(OC(F)(F)F)c2)nn1-c1cc(N2CCOCC2)ccc1[N+](=O)[O-]. The van der Waals surface area contributed by atoms with E-state index in [9.17, 15) is 28.1 Å². The van der Waals surface area contributed by atoms with E-state index in [1.54, 1.807) is 24.3 Å². The third kappa shape index (κ3) is 4.96. The number of benzene rings is 3. The minimum Gasteiger partial charge on any atom is -0.406 e. The van der Waals surface area contributed by atoms with Crippen LogP contribution in [0.1, 0.15) is 0 Å². The van der Waals surface area contributed by atoms with E-state index in [1.165, 1.54) is 30.3 Å². The third-order valence-electron chi connectivity index (χ3n) is 5.91. The molecular formula is C25H19F3N4O5. The first-order valence-corrected chi connectivity index (χ1v) is 11.2. The summed E-state index contributed by atoms with van der Waals surface area (Å²) in [6.07, 6.45) is -4.90. The number of rotatable bonds is 5. The van der Waals surface area contributed by atoms with Crippen molar-refractivity contribution in [3.8, 4) is 22.7 Å². The van der Waals surface area contributed by atoms with Gasteiger partial charge >= 0.3 is 6.36 Å². The zero-order valence-electron chi connectivity index (χ0n) is 19.1. The number of hydrogen-bond acceptors (Lipinski definition) is 7. The summed E-state index contributed by atoms with van der Waals surface area (Å²) >= 11 is 0. The molecule has 37 heavy (non-hydrogen) atoms. The average molecular weight is 512 g/mol. The molecule has 1 aliphatic heterocycles. The van der Waals surface area contributed by atoms with Gasteiger partial charge in [0.1, 0.15) is 11.4 Å². The van der Waals surface area contributed by atoms with Crippen LogP contribution in [-0.2, 0) is 4.74 Å². The van der Waals surface area contributed by atoms with E-state index < -0.39 is 22.6 Å². The molecule has 0 radical (unpaired) electrons. The highest BCUT2D eigenvalue weighted by molar-refractivity contribution is 5.94. The van der Waals surface area contributed by atoms with Crippen LogP contribution in [0, 0.1) is 10.1 Å². The van der Waals surface area contributed by atoms with Gasteiger partial charge in [0.15, 0.2) is 0 Å². The Kier molecular flexibility index (Phi) is 6.25. The van der Waals surface area contributed by atoms with Crippen LogP contribution in [0.4, 0.5) is 24.5 Å². The third-order valence-corrected chi connectivity index (χ3v) is 5.91. The summed E-state index contributed by atoms with van der Waals surface area (Å²) in [6, 6.07) is 16.0. The van der Waals surface area contributed by atoms with Crippen molar-refractivity contribution in [1.82, 2.24) is 9.78 Å². The number of morpholine rings is 1. The first-order chi connectivity index (χ1) is 17.7. The van der Waals surface area contributed by atoms with Crippen molar-refractivity contribution in [3.05, 3.63) is 87.2 Å². The zero-order valence-corrected chi connectivity index (χ0v) is 19.1.